The minimum absolute atomic E-state index is 0.0546. The number of carbonyl (C=O) groups excluding carboxylic acids is 1. The third kappa shape index (κ3) is 5.16. The van der Waals surface area contributed by atoms with Crippen LogP contribution in [0.25, 0.3) is 16.6 Å². The molecule has 200 valence electrons. The van der Waals surface area contributed by atoms with E-state index in [0.717, 1.165) is 29.4 Å². The van der Waals surface area contributed by atoms with Gasteiger partial charge in [0.25, 0.3) is 0 Å². The van der Waals surface area contributed by atoms with Crippen LogP contribution in [0.1, 0.15) is 50.1 Å². The molecule has 0 atom stereocenters. The van der Waals surface area contributed by atoms with Crippen molar-refractivity contribution in [3.63, 3.8) is 0 Å². The second-order valence-corrected chi connectivity index (χ2v) is 11.6. The highest BCUT2D eigenvalue weighted by Crippen LogP contribution is 2.32. The van der Waals surface area contributed by atoms with Crippen LogP contribution in [0.4, 0.5) is 0 Å². The van der Waals surface area contributed by atoms with Gasteiger partial charge in [-0.2, -0.15) is 15.5 Å². The Hall–Kier alpha value is -3.69. The summed E-state index contributed by atoms with van der Waals surface area (Å²) in [5.74, 6) is 0.690. The number of rotatable bonds is 7. The van der Waals surface area contributed by atoms with Crippen LogP contribution in [0.2, 0.25) is 0 Å². The number of hydrogen-bond donors (Lipinski definition) is 1. The largest absolute Gasteiger partial charge is 0.494 e. The normalized spacial score (nSPS) is 20.8. The molecule has 1 amide bonds. The third-order valence-corrected chi connectivity index (χ3v) is 8.73. The van der Waals surface area contributed by atoms with E-state index in [0.29, 0.717) is 55.6 Å². The Morgan fingerprint density at radius 3 is 2.53 bits per heavy atom. The first kappa shape index (κ1) is 25.9. The van der Waals surface area contributed by atoms with E-state index in [9.17, 15) is 18.5 Å². The minimum Gasteiger partial charge on any atom is -0.494 e. The molecule has 38 heavy (non-hydrogen) atoms. The van der Waals surface area contributed by atoms with E-state index in [-0.39, 0.29) is 23.9 Å². The summed E-state index contributed by atoms with van der Waals surface area (Å²) in [5.41, 5.74) is 2.89. The molecule has 1 aliphatic heterocycles. The Morgan fingerprint density at radius 2 is 1.87 bits per heavy atom. The Morgan fingerprint density at radius 1 is 1.13 bits per heavy atom. The molecule has 0 aromatic carbocycles. The molecule has 0 bridgehead atoms. The lowest BCUT2D eigenvalue weighted by molar-refractivity contribution is -0.138. The average molecular weight is 538 g/mol. The number of aromatic nitrogens is 4. The highest BCUT2D eigenvalue weighted by atomic mass is 32.2. The Balaban J connectivity index is 1.19. The van der Waals surface area contributed by atoms with Crippen LogP contribution in [0.3, 0.4) is 0 Å². The summed E-state index contributed by atoms with van der Waals surface area (Å²) < 4.78 is 35.2. The summed E-state index contributed by atoms with van der Waals surface area (Å²) in [6, 6.07) is 4.08. The van der Waals surface area contributed by atoms with Crippen molar-refractivity contribution in [2.75, 3.05) is 20.2 Å². The molecule has 5 rings (SSSR count). The summed E-state index contributed by atoms with van der Waals surface area (Å²) in [5, 5.41) is 19.2. The van der Waals surface area contributed by atoms with Crippen LogP contribution < -0.4 is 9.46 Å². The molecular weight excluding hydrogens is 506 g/mol. The SMILES string of the molecule is C=CS(=O)(=O)N[C@H]1CC[C@H](C(=O)N2CCC(n3cc(-c4cc(OC)c5c(C#N)cnn5c4)cn3)CC2)CC1. The summed E-state index contributed by atoms with van der Waals surface area (Å²) in [6.07, 6.45) is 11.5. The van der Waals surface area contributed by atoms with Gasteiger partial charge in [0.2, 0.25) is 15.9 Å². The predicted octanol–water partition coefficient (Wildman–Crippen LogP) is 2.86. The molecule has 0 radical (unpaired) electrons. The Bertz CT molecular complexity index is 1490. The van der Waals surface area contributed by atoms with Gasteiger partial charge in [-0.1, -0.05) is 6.58 Å². The lowest BCUT2D eigenvalue weighted by Crippen LogP contribution is -2.44. The maximum atomic E-state index is 13.1. The molecule has 1 saturated heterocycles. The van der Waals surface area contributed by atoms with E-state index < -0.39 is 10.0 Å². The van der Waals surface area contributed by atoms with Crippen molar-refractivity contribution < 1.29 is 17.9 Å². The number of methoxy groups -OCH3 is 1. The standard InChI is InChI=1S/C26H31N7O4S/c1-3-38(35,36)30-22-6-4-18(5-7-22)26(34)31-10-8-23(9-11-31)32-17-21(15-28-32)19-12-24(37-2)25-20(13-27)14-29-33(25)16-19/h3,12,14-18,22-23,30H,1,4-11H2,2H3/t18-,22-. The van der Waals surface area contributed by atoms with Crippen molar-refractivity contribution in [3.05, 3.63) is 48.4 Å². The van der Waals surface area contributed by atoms with E-state index in [1.807, 2.05) is 34.2 Å². The highest BCUT2D eigenvalue weighted by Gasteiger charge is 2.33. The van der Waals surface area contributed by atoms with Gasteiger partial charge in [-0.25, -0.2) is 17.7 Å². The van der Waals surface area contributed by atoms with Gasteiger partial charge < -0.3 is 9.64 Å². The van der Waals surface area contributed by atoms with Gasteiger partial charge in [0.05, 0.1) is 25.5 Å². The number of nitrogens with zero attached hydrogens (tertiary/aromatic N) is 6. The lowest BCUT2D eigenvalue weighted by Gasteiger charge is -2.36. The topological polar surface area (TPSA) is 135 Å². The molecule has 3 aromatic heterocycles. The average Bonchev–Trinajstić information content (AvgIpc) is 3.60. The smallest absolute Gasteiger partial charge is 0.233 e. The molecule has 2 aliphatic rings. The quantitative estimate of drug-likeness (QED) is 0.490. The van der Waals surface area contributed by atoms with Gasteiger partial charge in [0.1, 0.15) is 22.9 Å². The van der Waals surface area contributed by atoms with E-state index in [1.165, 1.54) is 6.20 Å². The molecule has 12 heteroatoms. The van der Waals surface area contributed by atoms with Crippen LogP contribution in [-0.2, 0) is 14.8 Å². The van der Waals surface area contributed by atoms with Crippen molar-refractivity contribution >= 4 is 21.4 Å². The van der Waals surface area contributed by atoms with Gasteiger partial charge in [-0.05, 0) is 44.6 Å². The molecular formula is C26H31N7O4S. The van der Waals surface area contributed by atoms with E-state index in [4.69, 9.17) is 4.74 Å². The number of likely N-dealkylation sites (tertiary alicyclic amines) is 1. The fourth-order valence-corrected chi connectivity index (χ4v) is 6.31. The molecule has 4 heterocycles. The summed E-state index contributed by atoms with van der Waals surface area (Å²) >= 11 is 0. The zero-order valence-corrected chi connectivity index (χ0v) is 22.1. The first-order valence-electron chi connectivity index (χ1n) is 12.8. The molecule has 1 N–H and O–H groups in total. The number of nitrogens with one attached hydrogen (secondary N) is 1. The van der Waals surface area contributed by atoms with Crippen molar-refractivity contribution in [2.24, 2.45) is 5.92 Å². The second kappa shape index (κ2) is 10.6. The van der Waals surface area contributed by atoms with Gasteiger partial charge >= 0.3 is 0 Å². The Kier molecular flexibility index (Phi) is 7.23. The van der Waals surface area contributed by atoms with Crippen molar-refractivity contribution in [2.45, 2.75) is 50.6 Å². The number of fused-ring (bicyclic) bond motifs is 1. The molecule has 11 nitrogen and oxygen atoms in total. The molecule has 2 fully saturated rings. The molecule has 1 saturated carbocycles. The minimum atomic E-state index is -3.45. The highest BCUT2D eigenvalue weighted by molar-refractivity contribution is 7.92. The zero-order chi connectivity index (χ0) is 26.9. The fourth-order valence-electron chi connectivity index (χ4n) is 5.51. The monoisotopic (exact) mass is 537 g/mol. The third-order valence-electron chi connectivity index (χ3n) is 7.63. The van der Waals surface area contributed by atoms with Crippen LogP contribution >= 0.6 is 0 Å². The van der Waals surface area contributed by atoms with Gasteiger partial charge in [0.15, 0.2) is 0 Å². The number of ether oxygens (including phenoxy) is 1. The number of hydrogen-bond acceptors (Lipinski definition) is 7. The van der Waals surface area contributed by atoms with Gasteiger partial charge in [0, 0.05) is 54.0 Å². The number of pyridine rings is 1. The maximum absolute atomic E-state index is 13.1. The first-order chi connectivity index (χ1) is 18.3. The Labute approximate surface area is 221 Å². The number of piperidine rings is 1. The fraction of sp³-hybridized carbons (Fsp3) is 0.462. The number of amides is 1. The first-order valence-corrected chi connectivity index (χ1v) is 14.3. The molecule has 0 spiro atoms. The van der Waals surface area contributed by atoms with Crippen molar-refractivity contribution in [1.29, 1.82) is 5.26 Å². The number of nitriles is 1. The van der Waals surface area contributed by atoms with Crippen molar-refractivity contribution in [1.82, 2.24) is 29.0 Å². The van der Waals surface area contributed by atoms with E-state index >= 15 is 0 Å². The van der Waals surface area contributed by atoms with Crippen LogP contribution in [0.15, 0.2) is 42.8 Å². The lowest BCUT2D eigenvalue weighted by atomic mass is 9.85. The second-order valence-electron chi connectivity index (χ2n) is 9.90. The summed E-state index contributed by atoms with van der Waals surface area (Å²) in [4.78, 5) is 15.1. The van der Waals surface area contributed by atoms with Gasteiger partial charge in [-0.15, -0.1) is 0 Å². The van der Waals surface area contributed by atoms with E-state index in [2.05, 4.69) is 27.6 Å². The van der Waals surface area contributed by atoms with Crippen LogP contribution in [0.5, 0.6) is 5.75 Å². The predicted molar refractivity (Wildman–Crippen MR) is 141 cm³/mol. The van der Waals surface area contributed by atoms with E-state index in [1.54, 1.807) is 11.6 Å². The molecule has 3 aromatic rings. The number of sulfonamides is 1. The van der Waals surface area contributed by atoms with Crippen molar-refractivity contribution in [3.8, 4) is 22.9 Å². The maximum Gasteiger partial charge on any atom is 0.233 e. The summed E-state index contributed by atoms with van der Waals surface area (Å²) in [7, 11) is -1.88. The van der Waals surface area contributed by atoms with Crippen LogP contribution in [-0.4, -0.2) is 64.9 Å². The van der Waals surface area contributed by atoms with Gasteiger partial charge in [-0.3, -0.25) is 9.48 Å². The molecule has 1 aliphatic carbocycles. The summed E-state index contributed by atoms with van der Waals surface area (Å²) in [6.45, 7) is 4.68. The van der Waals surface area contributed by atoms with Crippen LogP contribution in [0, 0.1) is 17.2 Å². The zero-order valence-electron chi connectivity index (χ0n) is 21.3. The number of carbonyl (C=O) groups is 1. The molecule has 0 unspecified atom stereocenters.